The second kappa shape index (κ2) is 9.83. The van der Waals surface area contributed by atoms with E-state index in [-0.39, 0.29) is 12.5 Å². The van der Waals surface area contributed by atoms with Gasteiger partial charge in [-0.3, -0.25) is 9.69 Å². The summed E-state index contributed by atoms with van der Waals surface area (Å²) in [4.78, 5) is 14.4. The summed E-state index contributed by atoms with van der Waals surface area (Å²) in [5, 5.41) is 2.88. The third kappa shape index (κ3) is 5.62. The number of rotatable bonds is 9. The summed E-state index contributed by atoms with van der Waals surface area (Å²) in [5.74, 6) is 1.37. The fourth-order valence-corrected chi connectivity index (χ4v) is 2.85. The number of nitrogens with one attached hydrogen (secondary N) is 1. The molecule has 2 aromatic carbocycles. The van der Waals surface area contributed by atoms with Crippen LogP contribution in [0.2, 0.25) is 0 Å². The lowest BCUT2D eigenvalue weighted by Gasteiger charge is -2.18. The molecule has 0 spiro atoms. The molecule has 6 heteroatoms. The van der Waals surface area contributed by atoms with Gasteiger partial charge in [-0.15, -0.1) is 0 Å². The largest absolute Gasteiger partial charge is 0.493 e. The van der Waals surface area contributed by atoms with Crippen LogP contribution < -0.4 is 19.5 Å². The zero-order valence-electron chi connectivity index (χ0n) is 16.7. The number of methoxy groups -OCH3 is 3. The van der Waals surface area contributed by atoms with Crippen LogP contribution in [0.4, 0.5) is 5.69 Å². The Morgan fingerprint density at radius 2 is 1.52 bits per heavy atom. The average Bonchev–Trinajstić information content (AvgIpc) is 2.67. The molecule has 2 aromatic rings. The maximum absolute atomic E-state index is 12.4. The van der Waals surface area contributed by atoms with E-state index in [0.717, 1.165) is 6.42 Å². The van der Waals surface area contributed by atoms with Gasteiger partial charge < -0.3 is 19.5 Å². The summed E-state index contributed by atoms with van der Waals surface area (Å²) < 4.78 is 15.9. The van der Waals surface area contributed by atoms with E-state index in [9.17, 15) is 4.79 Å². The lowest BCUT2D eigenvalue weighted by molar-refractivity contribution is -0.117. The first kappa shape index (κ1) is 20.6. The Morgan fingerprint density at radius 3 is 2.00 bits per heavy atom. The topological polar surface area (TPSA) is 60.0 Å². The van der Waals surface area contributed by atoms with Crippen LogP contribution in [0.5, 0.6) is 17.2 Å². The molecule has 0 atom stereocenters. The molecule has 0 unspecified atom stereocenters. The van der Waals surface area contributed by atoms with Gasteiger partial charge >= 0.3 is 0 Å². The standard InChI is InChI=1S/C21H28N2O4/c1-6-15-7-9-16(10-8-15)13-23(2)14-20(24)22-17-11-18(25-3)21(27-5)19(12-17)26-4/h7-12H,6,13-14H2,1-5H3,(H,22,24). The third-order valence-electron chi connectivity index (χ3n) is 4.25. The lowest BCUT2D eigenvalue weighted by atomic mass is 10.1. The molecular weight excluding hydrogens is 344 g/mol. The van der Waals surface area contributed by atoms with Gasteiger partial charge in [0.05, 0.1) is 27.9 Å². The number of hydrogen-bond donors (Lipinski definition) is 1. The molecule has 0 aliphatic rings. The van der Waals surface area contributed by atoms with Crippen molar-refractivity contribution < 1.29 is 19.0 Å². The van der Waals surface area contributed by atoms with Crippen LogP contribution in [0.1, 0.15) is 18.1 Å². The van der Waals surface area contributed by atoms with Crippen molar-refractivity contribution >= 4 is 11.6 Å². The normalized spacial score (nSPS) is 10.6. The van der Waals surface area contributed by atoms with E-state index in [0.29, 0.717) is 29.5 Å². The average molecular weight is 372 g/mol. The number of carbonyl (C=O) groups excluding carboxylic acids is 1. The number of ether oxygens (including phenoxy) is 3. The minimum absolute atomic E-state index is 0.114. The first-order valence-electron chi connectivity index (χ1n) is 8.86. The molecule has 0 heterocycles. The number of likely N-dealkylation sites (N-methyl/N-ethyl adjacent to an activating group) is 1. The van der Waals surface area contributed by atoms with Gasteiger partial charge in [0.2, 0.25) is 11.7 Å². The van der Waals surface area contributed by atoms with Crippen LogP contribution in [0, 0.1) is 0 Å². The Morgan fingerprint density at radius 1 is 0.963 bits per heavy atom. The fourth-order valence-electron chi connectivity index (χ4n) is 2.85. The summed E-state index contributed by atoms with van der Waals surface area (Å²) in [7, 11) is 6.55. The molecule has 2 rings (SSSR count). The van der Waals surface area contributed by atoms with E-state index in [1.165, 1.54) is 11.1 Å². The van der Waals surface area contributed by atoms with Gasteiger partial charge in [-0.05, 0) is 24.6 Å². The van der Waals surface area contributed by atoms with Crippen LogP contribution in [0.3, 0.4) is 0 Å². The Bertz CT molecular complexity index is 734. The molecule has 0 fully saturated rings. The SMILES string of the molecule is CCc1ccc(CN(C)CC(=O)Nc2cc(OC)c(OC)c(OC)c2)cc1. The number of aryl methyl sites for hydroxylation is 1. The molecule has 0 aliphatic heterocycles. The van der Waals surface area contributed by atoms with Crippen molar-refractivity contribution in [1.82, 2.24) is 4.90 Å². The van der Waals surface area contributed by atoms with Crippen molar-refractivity contribution in [3.63, 3.8) is 0 Å². The van der Waals surface area contributed by atoms with E-state index >= 15 is 0 Å². The zero-order valence-corrected chi connectivity index (χ0v) is 16.7. The molecule has 0 saturated carbocycles. The molecule has 0 saturated heterocycles. The van der Waals surface area contributed by atoms with Crippen molar-refractivity contribution in [2.45, 2.75) is 19.9 Å². The second-order valence-electron chi connectivity index (χ2n) is 6.30. The van der Waals surface area contributed by atoms with E-state index in [2.05, 4.69) is 36.5 Å². The molecule has 0 radical (unpaired) electrons. The van der Waals surface area contributed by atoms with E-state index < -0.39 is 0 Å². The van der Waals surface area contributed by atoms with E-state index in [1.807, 2.05) is 11.9 Å². The molecule has 0 aliphatic carbocycles. The van der Waals surface area contributed by atoms with Crippen molar-refractivity contribution in [2.24, 2.45) is 0 Å². The van der Waals surface area contributed by atoms with Crippen molar-refractivity contribution in [1.29, 1.82) is 0 Å². The molecule has 6 nitrogen and oxygen atoms in total. The molecule has 146 valence electrons. The monoisotopic (exact) mass is 372 g/mol. The molecule has 1 N–H and O–H groups in total. The van der Waals surface area contributed by atoms with Crippen LogP contribution in [0.15, 0.2) is 36.4 Å². The highest BCUT2D eigenvalue weighted by Crippen LogP contribution is 2.39. The van der Waals surface area contributed by atoms with Crippen molar-refractivity contribution in [3.8, 4) is 17.2 Å². The first-order valence-corrected chi connectivity index (χ1v) is 8.86. The Labute approximate surface area is 161 Å². The number of nitrogens with zero attached hydrogens (tertiary/aromatic N) is 1. The highest BCUT2D eigenvalue weighted by molar-refractivity contribution is 5.93. The molecule has 0 bridgehead atoms. The van der Waals surface area contributed by atoms with E-state index in [1.54, 1.807) is 33.5 Å². The Balaban J connectivity index is 1.99. The minimum Gasteiger partial charge on any atom is -0.493 e. The Hall–Kier alpha value is -2.73. The molecule has 0 aromatic heterocycles. The summed E-state index contributed by atoms with van der Waals surface area (Å²) in [6.45, 7) is 3.10. The second-order valence-corrected chi connectivity index (χ2v) is 6.30. The number of anilines is 1. The molecule has 27 heavy (non-hydrogen) atoms. The quantitative estimate of drug-likeness (QED) is 0.731. The number of benzene rings is 2. The maximum atomic E-state index is 12.4. The lowest BCUT2D eigenvalue weighted by Crippen LogP contribution is -2.29. The van der Waals surface area contributed by atoms with Gasteiger partial charge in [-0.2, -0.15) is 0 Å². The van der Waals surface area contributed by atoms with Crippen LogP contribution in [0.25, 0.3) is 0 Å². The predicted octanol–water partition coefficient (Wildman–Crippen LogP) is 3.35. The van der Waals surface area contributed by atoms with E-state index in [4.69, 9.17) is 14.2 Å². The molecular formula is C21H28N2O4. The number of hydrogen-bond acceptors (Lipinski definition) is 5. The highest BCUT2D eigenvalue weighted by Gasteiger charge is 2.15. The summed E-state index contributed by atoms with van der Waals surface area (Å²) in [6.07, 6.45) is 1.02. The van der Waals surface area contributed by atoms with Gasteiger partial charge in [0.15, 0.2) is 11.5 Å². The van der Waals surface area contributed by atoms with Gasteiger partial charge in [-0.25, -0.2) is 0 Å². The number of carbonyl (C=O) groups is 1. The first-order chi connectivity index (χ1) is 13.0. The Kier molecular flexibility index (Phi) is 7.49. The zero-order chi connectivity index (χ0) is 19.8. The van der Waals surface area contributed by atoms with Crippen LogP contribution in [-0.4, -0.2) is 45.7 Å². The van der Waals surface area contributed by atoms with Gasteiger partial charge in [-0.1, -0.05) is 31.2 Å². The van der Waals surface area contributed by atoms with Crippen LogP contribution in [-0.2, 0) is 17.8 Å². The summed E-state index contributed by atoms with van der Waals surface area (Å²) in [5.41, 5.74) is 3.08. The smallest absolute Gasteiger partial charge is 0.238 e. The predicted molar refractivity (Wildman–Crippen MR) is 107 cm³/mol. The minimum atomic E-state index is -0.114. The van der Waals surface area contributed by atoms with Gasteiger partial charge in [0, 0.05) is 24.4 Å². The van der Waals surface area contributed by atoms with Crippen molar-refractivity contribution in [2.75, 3.05) is 40.2 Å². The maximum Gasteiger partial charge on any atom is 0.238 e. The summed E-state index contributed by atoms with van der Waals surface area (Å²) >= 11 is 0. The van der Waals surface area contributed by atoms with Crippen LogP contribution >= 0.6 is 0 Å². The highest BCUT2D eigenvalue weighted by atomic mass is 16.5. The van der Waals surface area contributed by atoms with Crippen molar-refractivity contribution in [3.05, 3.63) is 47.5 Å². The third-order valence-corrected chi connectivity index (χ3v) is 4.25. The fraction of sp³-hybridized carbons (Fsp3) is 0.381. The summed E-state index contributed by atoms with van der Waals surface area (Å²) in [6, 6.07) is 11.9. The van der Waals surface area contributed by atoms with Gasteiger partial charge in [0.1, 0.15) is 0 Å². The van der Waals surface area contributed by atoms with Gasteiger partial charge in [0.25, 0.3) is 0 Å². The number of amides is 1. The molecule has 1 amide bonds.